The zero-order chi connectivity index (χ0) is 35.8. The Morgan fingerprint density at radius 1 is 1.04 bits per heavy atom. The van der Waals surface area contributed by atoms with E-state index in [2.05, 4.69) is 43.4 Å². The Labute approximate surface area is 315 Å². The number of guanidine groups is 1. The summed E-state index contributed by atoms with van der Waals surface area (Å²) in [5, 5.41) is 12.9. The van der Waals surface area contributed by atoms with Crippen LogP contribution in [0.2, 0.25) is 0 Å². The maximum atomic E-state index is 13.7. The molecule has 5 rings (SSSR count). The van der Waals surface area contributed by atoms with Crippen molar-refractivity contribution in [3.8, 4) is 11.5 Å². The van der Waals surface area contributed by atoms with Crippen LogP contribution in [0, 0.1) is 12.3 Å². The van der Waals surface area contributed by atoms with Gasteiger partial charge in [-0.25, -0.2) is 9.78 Å². The predicted octanol–water partition coefficient (Wildman–Crippen LogP) is 5.07. The van der Waals surface area contributed by atoms with Crippen molar-refractivity contribution in [3.63, 3.8) is 0 Å². The van der Waals surface area contributed by atoms with Crippen LogP contribution in [0.15, 0.2) is 60.3 Å². The quantitative estimate of drug-likeness (QED) is 0.0535. The van der Waals surface area contributed by atoms with E-state index in [9.17, 15) is 14.4 Å². The average molecular weight is 755 g/mol. The number of imidazole rings is 1. The number of methoxy groups -OCH3 is 1. The third-order valence-corrected chi connectivity index (χ3v) is 8.56. The van der Waals surface area contributed by atoms with Crippen LogP contribution in [0.3, 0.4) is 0 Å². The number of para-hydroxylation sites is 1. The minimum absolute atomic E-state index is 0. The number of piperazine rings is 1. The lowest BCUT2D eigenvalue weighted by molar-refractivity contribution is 0.0990. The van der Waals surface area contributed by atoms with Crippen molar-refractivity contribution >= 4 is 76.9 Å². The Bertz CT molecular complexity index is 1940. The second-order valence-electron chi connectivity index (χ2n) is 12.2. The van der Waals surface area contributed by atoms with Gasteiger partial charge in [0.25, 0.3) is 11.8 Å². The number of likely N-dealkylation sites (N-methyl/N-ethyl adjacent to an activating group) is 1. The smallest absolute Gasteiger partial charge is 0.258 e. The molecule has 0 spiro atoms. The number of nitrogens with zero attached hydrogens (tertiary/aromatic N) is 4. The molecular weight excluding hydrogens is 709 g/mol. The number of carbonyl (C=O) groups is 2. The van der Waals surface area contributed by atoms with Crippen LogP contribution >= 0.6 is 24.8 Å². The van der Waals surface area contributed by atoms with Crippen LogP contribution in [-0.2, 0) is 4.79 Å². The van der Waals surface area contributed by atoms with E-state index in [1.165, 1.54) is 12.0 Å². The number of unbranched alkanes of at least 4 members (excludes halogenated alkanes) is 1. The molecule has 1 fully saturated rings. The molecule has 0 bridgehead atoms. The van der Waals surface area contributed by atoms with Gasteiger partial charge in [0.05, 0.1) is 47.4 Å². The molecule has 4 aromatic rings. The molecule has 2 amide bonds. The van der Waals surface area contributed by atoms with Gasteiger partial charge in [0.2, 0.25) is 5.95 Å². The Morgan fingerprint density at radius 2 is 1.79 bits per heavy atom. The molecule has 1 aliphatic heterocycles. The molecule has 0 atom stereocenters. The molecule has 1 saturated heterocycles. The lowest BCUT2D eigenvalue weighted by Crippen LogP contribution is -2.44. The number of hydrogen-bond acceptors (Lipinski definition) is 9. The molecule has 1 aromatic heterocycles. The maximum absolute atomic E-state index is 13.7. The molecule has 0 aliphatic carbocycles. The van der Waals surface area contributed by atoms with Crippen LogP contribution in [0.1, 0.15) is 45.5 Å². The molecule has 0 saturated carbocycles. The highest BCUT2D eigenvalue weighted by atomic mass is 35.5. The summed E-state index contributed by atoms with van der Waals surface area (Å²) >= 11 is 0. The predicted molar refractivity (Wildman–Crippen MR) is 209 cm³/mol. The Hall–Kier alpha value is -5.27. The topological polar surface area (TPSA) is 182 Å². The number of aromatic amines is 1. The second-order valence-corrected chi connectivity index (χ2v) is 12.2. The van der Waals surface area contributed by atoms with Crippen molar-refractivity contribution in [1.29, 1.82) is 5.41 Å². The fourth-order valence-electron chi connectivity index (χ4n) is 5.77. The Kier molecular flexibility index (Phi) is 14.9. The fraction of sp³-hybridized carbons (Fsp3) is 0.333. The molecule has 1 aliphatic rings. The summed E-state index contributed by atoms with van der Waals surface area (Å²) in [4.78, 5) is 51.9. The number of amides is 2. The Morgan fingerprint density at radius 3 is 2.48 bits per heavy atom. The van der Waals surface area contributed by atoms with Crippen LogP contribution in [-0.4, -0.2) is 97.5 Å². The van der Waals surface area contributed by atoms with Gasteiger partial charge in [0.15, 0.2) is 5.96 Å². The lowest BCUT2D eigenvalue weighted by Gasteiger charge is -2.34. The third-order valence-electron chi connectivity index (χ3n) is 8.56. The number of rotatable bonds is 13. The summed E-state index contributed by atoms with van der Waals surface area (Å²) in [5.41, 5.74) is 9.74. The first-order valence-electron chi connectivity index (χ1n) is 16.4. The largest absolute Gasteiger partial charge is 0.495 e. The van der Waals surface area contributed by atoms with Gasteiger partial charge in [-0.3, -0.25) is 20.3 Å². The van der Waals surface area contributed by atoms with Gasteiger partial charge in [-0.05, 0) is 81.3 Å². The molecule has 16 heteroatoms. The number of benzene rings is 3. The number of nitrogens with one attached hydrogen (secondary N) is 4. The average Bonchev–Trinajstić information content (AvgIpc) is 3.52. The number of nitrogens with two attached hydrogens (primary N) is 1. The van der Waals surface area contributed by atoms with Crippen LogP contribution < -0.4 is 30.7 Å². The van der Waals surface area contributed by atoms with E-state index in [1.54, 1.807) is 43.4 Å². The summed E-state index contributed by atoms with van der Waals surface area (Å²) in [6.45, 7) is 5.91. The fourth-order valence-corrected chi connectivity index (χ4v) is 5.77. The van der Waals surface area contributed by atoms with Crippen molar-refractivity contribution in [1.82, 2.24) is 19.8 Å². The minimum atomic E-state index is -0.428. The zero-order valence-electron chi connectivity index (χ0n) is 29.6. The number of ether oxygens (including phenoxy) is 2. The van der Waals surface area contributed by atoms with Crippen molar-refractivity contribution in [3.05, 3.63) is 77.0 Å². The van der Waals surface area contributed by atoms with Gasteiger partial charge >= 0.3 is 0 Å². The number of carbonyl (C=O) groups excluding carboxylic acids is 3. The zero-order valence-corrected chi connectivity index (χ0v) is 31.2. The molecule has 52 heavy (non-hydrogen) atoms. The lowest BCUT2D eigenvalue weighted by atomic mass is 10.1. The minimum Gasteiger partial charge on any atom is -0.495 e. The number of allylic oxidation sites excluding steroid dienone is 1. The van der Waals surface area contributed by atoms with E-state index in [1.807, 2.05) is 25.1 Å². The summed E-state index contributed by atoms with van der Waals surface area (Å²) in [6, 6.07) is 15.6. The first-order chi connectivity index (χ1) is 24.1. The van der Waals surface area contributed by atoms with Crippen molar-refractivity contribution in [2.75, 3.05) is 69.5 Å². The number of fused-ring (bicyclic) bond motifs is 1. The van der Waals surface area contributed by atoms with E-state index < -0.39 is 5.91 Å². The van der Waals surface area contributed by atoms with Gasteiger partial charge < -0.3 is 40.2 Å². The second kappa shape index (κ2) is 18.8. The van der Waals surface area contributed by atoms with Crippen molar-refractivity contribution in [2.45, 2.75) is 26.2 Å². The van der Waals surface area contributed by atoms with E-state index >= 15 is 0 Å². The maximum Gasteiger partial charge on any atom is 0.258 e. The third kappa shape index (κ3) is 9.95. The SMILES string of the molecule is COc1cc(C(=O)N(C)c2ccc(C)cc2OCCCCC(=C=O)N2CCN(C)CC2)ccc1NC(=O)c1cccc2nc(NC(=N)N)[nH]c12.Cl.Cl. The highest BCUT2D eigenvalue weighted by Gasteiger charge is 2.21. The summed E-state index contributed by atoms with van der Waals surface area (Å²) in [6.07, 6.45) is 2.16. The van der Waals surface area contributed by atoms with Gasteiger partial charge in [0.1, 0.15) is 17.4 Å². The van der Waals surface area contributed by atoms with E-state index in [0.29, 0.717) is 63.8 Å². The summed E-state index contributed by atoms with van der Waals surface area (Å²) in [5.74, 6) is 2.24. The normalized spacial score (nSPS) is 12.5. The number of hydrogen-bond donors (Lipinski definition) is 5. The van der Waals surface area contributed by atoms with Gasteiger partial charge in [-0.2, -0.15) is 0 Å². The monoisotopic (exact) mass is 753 g/mol. The van der Waals surface area contributed by atoms with E-state index in [0.717, 1.165) is 44.6 Å². The standard InChI is InChI=1S/C36H43N9O5.2ClH/c1-23-11-14-29(31(20-23)50-19-6-5-8-25(22-46)45-17-15-43(2)16-18-45)44(3)34(48)24-12-13-27(30(21-24)49-4)39-33(47)26-9-7-10-28-32(26)41-36(40-28)42-35(37)38;;/h7,9-14,20-21H,5-6,8,15-19H2,1-4H3,(H,39,47)(H5,37,38,40,41,42);2*1H. The van der Waals surface area contributed by atoms with Gasteiger partial charge in [-0.15, -0.1) is 24.8 Å². The number of aromatic nitrogens is 2. The molecule has 0 unspecified atom stereocenters. The van der Waals surface area contributed by atoms with Gasteiger partial charge in [0, 0.05) is 38.8 Å². The number of H-pyrrole nitrogens is 1. The molecule has 278 valence electrons. The van der Waals surface area contributed by atoms with E-state index in [4.69, 9.17) is 20.6 Å². The molecule has 2 heterocycles. The van der Waals surface area contributed by atoms with Crippen LogP contribution in [0.25, 0.3) is 11.0 Å². The first-order valence-corrected chi connectivity index (χ1v) is 16.4. The molecular formula is C36H45Cl2N9O5. The molecule has 14 nitrogen and oxygen atoms in total. The van der Waals surface area contributed by atoms with Crippen molar-refractivity contribution in [2.24, 2.45) is 5.73 Å². The van der Waals surface area contributed by atoms with Gasteiger partial charge in [-0.1, -0.05) is 12.1 Å². The highest BCUT2D eigenvalue weighted by Crippen LogP contribution is 2.32. The van der Waals surface area contributed by atoms with Crippen LogP contribution in [0.5, 0.6) is 11.5 Å². The van der Waals surface area contributed by atoms with Crippen molar-refractivity contribution < 1.29 is 23.9 Å². The molecule has 6 N–H and O–H groups in total. The molecule has 3 aromatic carbocycles. The summed E-state index contributed by atoms with van der Waals surface area (Å²) < 4.78 is 11.7. The highest BCUT2D eigenvalue weighted by molar-refractivity contribution is 6.13. The number of halogens is 2. The number of aryl methyl sites for hydroxylation is 1. The van der Waals surface area contributed by atoms with Crippen LogP contribution in [0.4, 0.5) is 17.3 Å². The van der Waals surface area contributed by atoms with E-state index in [-0.39, 0.29) is 42.6 Å². The Balaban J connectivity index is 0.00000364. The summed E-state index contributed by atoms with van der Waals surface area (Å²) in [7, 11) is 5.22. The first kappa shape index (κ1) is 41.2. The number of anilines is 3. The molecule has 0 radical (unpaired) electrons.